The van der Waals surface area contributed by atoms with E-state index in [1.54, 1.807) is 12.1 Å². The fourth-order valence-electron chi connectivity index (χ4n) is 3.01. The lowest BCUT2D eigenvalue weighted by Gasteiger charge is -2.33. The molecule has 2 heterocycles. The second-order valence-electron chi connectivity index (χ2n) is 5.69. The average Bonchev–Trinajstić information content (AvgIpc) is 2.54. The zero-order chi connectivity index (χ0) is 16.4. The lowest BCUT2D eigenvalue weighted by molar-refractivity contribution is -0.148. The van der Waals surface area contributed by atoms with Gasteiger partial charge >= 0.3 is 5.97 Å². The fraction of sp³-hybridized carbons (Fsp3) is 0.438. The molecule has 0 saturated carbocycles. The van der Waals surface area contributed by atoms with E-state index < -0.39 is 0 Å². The Balaban J connectivity index is 1.89. The second-order valence-corrected chi connectivity index (χ2v) is 6.13. The van der Waals surface area contributed by atoms with Crippen LogP contribution in [0.1, 0.15) is 25.1 Å². The van der Waals surface area contributed by atoms with Crippen LogP contribution in [0.4, 0.5) is 5.82 Å². The highest BCUT2D eigenvalue weighted by Crippen LogP contribution is 2.24. The van der Waals surface area contributed by atoms with E-state index in [2.05, 4.69) is 14.9 Å². The number of nitrogens with two attached hydrogens (primary N) is 1. The van der Waals surface area contributed by atoms with E-state index in [4.69, 9.17) is 22.1 Å². The standard InChI is InChI=1S/C16H19ClN4O2/c1-23-16(22)13-4-2-3-7-21(13)9-14-19-12-8-10(17)5-6-11(12)15(18)20-14/h5-6,8,13H,2-4,7,9H2,1H3,(H2,18,19,20). The van der Waals surface area contributed by atoms with Gasteiger partial charge in [-0.2, -0.15) is 0 Å². The Morgan fingerprint density at radius 3 is 3.04 bits per heavy atom. The average molecular weight is 335 g/mol. The molecule has 122 valence electrons. The van der Waals surface area contributed by atoms with E-state index in [0.29, 0.717) is 28.7 Å². The van der Waals surface area contributed by atoms with Crippen molar-refractivity contribution in [3.05, 3.63) is 29.0 Å². The Hall–Kier alpha value is -1.92. The first-order valence-electron chi connectivity index (χ1n) is 7.62. The summed E-state index contributed by atoms with van der Waals surface area (Å²) in [6.45, 7) is 1.28. The summed E-state index contributed by atoms with van der Waals surface area (Å²) in [5.74, 6) is 0.808. The first-order valence-corrected chi connectivity index (χ1v) is 8.00. The van der Waals surface area contributed by atoms with Crippen molar-refractivity contribution in [3.8, 4) is 0 Å². The highest BCUT2D eigenvalue weighted by molar-refractivity contribution is 6.31. The van der Waals surface area contributed by atoms with Crippen molar-refractivity contribution in [1.82, 2.24) is 14.9 Å². The molecular weight excluding hydrogens is 316 g/mol. The first-order chi connectivity index (χ1) is 11.1. The zero-order valence-electron chi connectivity index (χ0n) is 13.0. The van der Waals surface area contributed by atoms with Gasteiger partial charge in [-0.05, 0) is 37.6 Å². The van der Waals surface area contributed by atoms with Gasteiger partial charge < -0.3 is 10.5 Å². The molecule has 1 unspecified atom stereocenters. The molecule has 1 saturated heterocycles. The minimum absolute atomic E-state index is 0.207. The van der Waals surface area contributed by atoms with Gasteiger partial charge in [0.15, 0.2) is 0 Å². The van der Waals surface area contributed by atoms with Crippen molar-refractivity contribution < 1.29 is 9.53 Å². The van der Waals surface area contributed by atoms with Crippen LogP contribution in [0.25, 0.3) is 10.9 Å². The molecular formula is C16H19ClN4O2. The Bertz CT molecular complexity index is 737. The molecule has 1 aliphatic heterocycles. The van der Waals surface area contributed by atoms with Gasteiger partial charge in [-0.3, -0.25) is 9.69 Å². The van der Waals surface area contributed by atoms with Gasteiger partial charge in [-0.1, -0.05) is 18.0 Å². The highest BCUT2D eigenvalue weighted by Gasteiger charge is 2.30. The molecule has 0 aliphatic carbocycles. The molecule has 23 heavy (non-hydrogen) atoms. The number of piperidine rings is 1. The number of halogens is 1. The smallest absolute Gasteiger partial charge is 0.323 e. The van der Waals surface area contributed by atoms with Crippen LogP contribution in [0, 0.1) is 0 Å². The molecule has 1 aliphatic rings. The van der Waals surface area contributed by atoms with Crippen LogP contribution in [0.15, 0.2) is 18.2 Å². The summed E-state index contributed by atoms with van der Waals surface area (Å²) in [5, 5.41) is 1.38. The number of anilines is 1. The van der Waals surface area contributed by atoms with E-state index in [0.717, 1.165) is 31.2 Å². The summed E-state index contributed by atoms with van der Waals surface area (Å²) < 4.78 is 4.90. The molecule has 2 aromatic rings. The Labute approximate surface area is 139 Å². The number of benzene rings is 1. The number of fused-ring (bicyclic) bond motifs is 1. The number of ether oxygens (including phenoxy) is 1. The first kappa shape index (κ1) is 16.0. The maximum Gasteiger partial charge on any atom is 0.323 e. The van der Waals surface area contributed by atoms with Gasteiger partial charge in [0.25, 0.3) is 0 Å². The minimum Gasteiger partial charge on any atom is -0.468 e. The molecule has 2 N–H and O–H groups in total. The predicted octanol–water partition coefficient (Wildman–Crippen LogP) is 2.39. The van der Waals surface area contributed by atoms with Gasteiger partial charge in [0.1, 0.15) is 17.7 Å². The predicted molar refractivity (Wildman–Crippen MR) is 89.0 cm³/mol. The maximum absolute atomic E-state index is 11.9. The Kier molecular flexibility index (Phi) is 4.63. The van der Waals surface area contributed by atoms with Crippen molar-refractivity contribution in [1.29, 1.82) is 0 Å². The summed E-state index contributed by atoms with van der Waals surface area (Å²) >= 11 is 6.03. The van der Waals surface area contributed by atoms with Crippen LogP contribution in [-0.4, -0.2) is 40.5 Å². The third-order valence-corrected chi connectivity index (χ3v) is 4.40. The molecule has 6 nitrogen and oxygen atoms in total. The van der Waals surface area contributed by atoms with Gasteiger partial charge in [0.2, 0.25) is 0 Å². The summed E-state index contributed by atoms with van der Waals surface area (Å²) in [4.78, 5) is 22.9. The molecule has 1 aromatic carbocycles. The topological polar surface area (TPSA) is 81.3 Å². The highest BCUT2D eigenvalue weighted by atomic mass is 35.5. The van der Waals surface area contributed by atoms with Gasteiger partial charge in [0.05, 0.1) is 19.2 Å². The lowest BCUT2D eigenvalue weighted by Crippen LogP contribution is -2.44. The Morgan fingerprint density at radius 2 is 2.26 bits per heavy atom. The maximum atomic E-state index is 11.9. The number of rotatable bonds is 3. The van der Waals surface area contributed by atoms with Crippen molar-refractivity contribution in [2.75, 3.05) is 19.4 Å². The summed E-state index contributed by atoms with van der Waals surface area (Å²) in [5.41, 5.74) is 6.74. The van der Waals surface area contributed by atoms with Crippen LogP contribution in [-0.2, 0) is 16.1 Å². The van der Waals surface area contributed by atoms with Crippen molar-refractivity contribution >= 4 is 34.3 Å². The molecule has 7 heteroatoms. The van der Waals surface area contributed by atoms with Crippen LogP contribution >= 0.6 is 11.6 Å². The zero-order valence-corrected chi connectivity index (χ0v) is 13.7. The van der Waals surface area contributed by atoms with Gasteiger partial charge in [-0.25, -0.2) is 9.97 Å². The van der Waals surface area contributed by atoms with Crippen LogP contribution < -0.4 is 5.73 Å². The molecule has 0 radical (unpaired) electrons. The molecule has 1 aromatic heterocycles. The molecule has 3 rings (SSSR count). The number of methoxy groups -OCH3 is 1. The van der Waals surface area contributed by atoms with Gasteiger partial charge in [-0.15, -0.1) is 0 Å². The normalized spacial score (nSPS) is 19.0. The van der Waals surface area contributed by atoms with Crippen molar-refractivity contribution in [3.63, 3.8) is 0 Å². The number of likely N-dealkylation sites (tertiary alicyclic amines) is 1. The third kappa shape index (κ3) is 3.38. The van der Waals surface area contributed by atoms with E-state index in [1.165, 1.54) is 7.11 Å². The summed E-state index contributed by atoms with van der Waals surface area (Å²) in [6, 6.07) is 5.11. The number of hydrogen-bond donors (Lipinski definition) is 1. The molecule has 0 bridgehead atoms. The second kappa shape index (κ2) is 6.68. The SMILES string of the molecule is COC(=O)C1CCCCN1Cc1nc(N)c2ccc(Cl)cc2n1. The minimum atomic E-state index is -0.242. The number of hydrogen-bond acceptors (Lipinski definition) is 6. The number of carbonyl (C=O) groups excluding carboxylic acids is 1. The molecule has 0 spiro atoms. The largest absolute Gasteiger partial charge is 0.468 e. The van der Waals surface area contributed by atoms with Gasteiger partial charge in [0, 0.05) is 10.4 Å². The van der Waals surface area contributed by atoms with Crippen LogP contribution in [0.5, 0.6) is 0 Å². The Morgan fingerprint density at radius 1 is 1.43 bits per heavy atom. The quantitative estimate of drug-likeness (QED) is 0.868. The number of carbonyl (C=O) groups is 1. The molecule has 1 atom stereocenters. The third-order valence-electron chi connectivity index (χ3n) is 4.17. The monoisotopic (exact) mass is 334 g/mol. The van der Waals surface area contributed by atoms with E-state index in [1.807, 2.05) is 6.07 Å². The van der Waals surface area contributed by atoms with E-state index >= 15 is 0 Å². The summed E-state index contributed by atoms with van der Waals surface area (Å²) in [6.07, 6.45) is 2.86. The lowest BCUT2D eigenvalue weighted by atomic mass is 10.0. The van der Waals surface area contributed by atoms with Crippen LogP contribution in [0.3, 0.4) is 0 Å². The van der Waals surface area contributed by atoms with Crippen molar-refractivity contribution in [2.24, 2.45) is 0 Å². The molecule has 1 fully saturated rings. The van der Waals surface area contributed by atoms with Crippen LogP contribution in [0.2, 0.25) is 5.02 Å². The summed E-state index contributed by atoms with van der Waals surface area (Å²) in [7, 11) is 1.42. The number of nitrogen functional groups attached to an aromatic ring is 1. The fourth-order valence-corrected chi connectivity index (χ4v) is 3.18. The number of aromatic nitrogens is 2. The van der Waals surface area contributed by atoms with E-state index in [9.17, 15) is 4.79 Å². The van der Waals surface area contributed by atoms with Crippen molar-refractivity contribution in [2.45, 2.75) is 31.8 Å². The number of nitrogens with zero attached hydrogens (tertiary/aromatic N) is 3. The molecule has 0 amide bonds. The van der Waals surface area contributed by atoms with E-state index in [-0.39, 0.29) is 12.0 Å². The number of esters is 1.